The van der Waals surface area contributed by atoms with Crippen molar-refractivity contribution >= 4 is 21.9 Å². The zero-order chi connectivity index (χ0) is 24.8. The van der Waals surface area contributed by atoms with Crippen molar-refractivity contribution in [2.24, 2.45) is 11.8 Å². The summed E-state index contributed by atoms with van der Waals surface area (Å²) >= 11 is 0. The molecule has 0 bridgehead atoms. The van der Waals surface area contributed by atoms with Gasteiger partial charge in [-0.1, -0.05) is 37.5 Å². The van der Waals surface area contributed by atoms with Crippen LogP contribution in [-0.2, 0) is 19.6 Å². The number of carbonyl (C=O) groups excluding carboxylic acids is 1. The van der Waals surface area contributed by atoms with Crippen LogP contribution in [0.1, 0.15) is 44.9 Å². The molecular formula is C25H38N4O5S. The molecule has 3 fully saturated rings. The van der Waals surface area contributed by atoms with E-state index in [1.54, 1.807) is 23.1 Å². The second-order valence-electron chi connectivity index (χ2n) is 10.0. The van der Waals surface area contributed by atoms with Crippen molar-refractivity contribution < 1.29 is 23.1 Å². The molecule has 9 nitrogen and oxygen atoms in total. The number of hydrogen-bond acceptors (Lipinski definition) is 6. The number of carbonyl (C=O) groups is 2. The third-order valence-electron chi connectivity index (χ3n) is 7.85. The molecule has 2 saturated heterocycles. The van der Waals surface area contributed by atoms with Gasteiger partial charge in [-0.05, 0) is 56.8 Å². The second-order valence-corrected chi connectivity index (χ2v) is 11.7. The first-order valence-electron chi connectivity index (χ1n) is 12.9. The second kappa shape index (κ2) is 11.8. The van der Waals surface area contributed by atoms with Crippen LogP contribution in [0.5, 0.6) is 0 Å². The summed E-state index contributed by atoms with van der Waals surface area (Å²) in [4.78, 5) is 30.5. The van der Waals surface area contributed by atoms with Gasteiger partial charge in [0.1, 0.15) is 6.04 Å². The lowest BCUT2D eigenvalue weighted by Gasteiger charge is -2.43. The number of hydrogen-bond donors (Lipinski definition) is 3. The number of nitrogens with one attached hydrogen (secondary N) is 2. The zero-order valence-corrected chi connectivity index (χ0v) is 21.1. The molecule has 3 N–H and O–H groups in total. The zero-order valence-electron chi connectivity index (χ0n) is 20.3. The van der Waals surface area contributed by atoms with Crippen LogP contribution in [0.25, 0.3) is 0 Å². The molecule has 1 aromatic rings. The van der Waals surface area contributed by atoms with E-state index in [-0.39, 0.29) is 16.7 Å². The van der Waals surface area contributed by atoms with Crippen LogP contribution in [0.15, 0.2) is 35.2 Å². The normalized spacial score (nSPS) is 23.0. The third kappa shape index (κ3) is 6.41. The van der Waals surface area contributed by atoms with E-state index in [4.69, 9.17) is 0 Å². The van der Waals surface area contributed by atoms with Crippen LogP contribution in [0.2, 0.25) is 0 Å². The van der Waals surface area contributed by atoms with Crippen LogP contribution in [0.3, 0.4) is 0 Å². The molecule has 0 radical (unpaired) electrons. The molecule has 1 amide bonds. The Morgan fingerprint density at radius 1 is 0.943 bits per heavy atom. The molecule has 10 heteroatoms. The average Bonchev–Trinajstić information content (AvgIpc) is 2.90. The van der Waals surface area contributed by atoms with Crippen molar-refractivity contribution in [1.29, 1.82) is 0 Å². The number of sulfonamides is 1. The smallest absolute Gasteiger partial charge is 0.322 e. The maximum absolute atomic E-state index is 13.8. The molecule has 1 aliphatic carbocycles. The van der Waals surface area contributed by atoms with Crippen molar-refractivity contribution in [3.05, 3.63) is 30.3 Å². The van der Waals surface area contributed by atoms with Crippen LogP contribution >= 0.6 is 0 Å². The van der Waals surface area contributed by atoms with Crippen LogP contribution < -0.4 is 10.0 Å². The highest BCUT2D eigenvalue weighted by molar-refractivity contribution is 7.89. The van der Waals surface area contributed by atoms with Crippen LogP contribution in [0.4, 0.5) is 0 Å². The summed E-state index contributed by atoms with van der Waals surface area (Å²) in [5, 5.41) is 13.5. The van der Waals surface area contributed by atoms with E-state index in [0.717, 1.165) is 71.1 Å². The maximum atomic E-state index is 13.8. The van der Waals surface area contributed by atoms with E-state index in [2.05, 4.69) is 14.9 Å². The fraction of sp³-hybridized carbons (Fsp3) is 0.680. The molecule has 2 heterocycles. The Balaban J connectivity index is 1.52. The first kappa shape index (κ1) is 26.1. The molecule has 4 rings (SSSR count). The van der Waals surface area contributed by atoms with Gasteiger partial charge in [0.2, 0.25) is 15.9 Å². The van der Waals surface area contributed by atoms with Gasteiger partial charge in [-0.2, -0.15) is 4.72 Å². The van der Waals surface area contributed by atoms with Crippen LogP contribution in [-0.4, -0.2) is 86.6 Å². The fourth-order valence-electron chi connectivity index (χ4n) is 5.91. The summed E-state index contributed by atoms with van der Waals surface area (Å²) in [6.07, 6.45) is 6.58. The lowest BCUT2D eigenvalue weighted by atomic mass is 9.76. The average molecular weight is 507 g/mol. The summed E-state index contributed by atoms with van der Waals surface area (Å²) in [5.41, 5.74) is 0. The number of carboxylic acids is 1. The minimum Gasteiger partial charge on any atom is -0.480 e. The molecular weight excluding hydrogens is 468 g/mol. The molecule has 3 aliphatic rings. The predicted octanol–water partition coefficient (Wildman–Crippen LogP) is 1.51. The molecule has 2 atom stereocenters. The number of carboxylic acid groups (broad SMARTS) is 1. The van der Waals surface area contributed by atoms with Crippen molar-refractivity contribution in [2.75, 3.05) is 39.3 Å². The Hall–Kier alpha value is -2.01. The lowest BCUT2D eigenvalue weighted by molar-refractivity contribution is -0.150. The highest BCUT2D eigenvalue weighted by Gasteiger charge is 2.44. The van der Waals surface area contributed by atoms with Crippen molar-refractivity contribution in [1.82, 2.24) is 19.8 Å². The van der Waals surface area contributed by atoms with Gasteiger partial charge in [-0.15, -0.1) is 0 Å². The minimum absolute atomic E-state index is 0.00307. The van der Waals surface area contributed by atoms with Gasteiger partial charge in [0.05, 0.1) is 10.8 Å². The molecule has 194 valence electrons. The van der Waals surface area contributed by atoms with E-state index in [9.17, 15) is 23.1 Å². The summed E-state index contributed by atoms with van der Waals surface area (Å²) < 4.78 is 28.5. The monoisotopic (exact) mass is 506 g/mol. The number of benzene rings is 1. The van der Waals surface area contributed by atoms with Gasteiger partial charge in [-0.25, -0.2) is 8.42 Å². The summed E-state index contributed by atoms with van der Waals surface area (Å²) in [7, 11) is -4.09. The number of rotatable bonds is 8. The number of aliphatic carboxylic acids is 1. The van der Waals surface area contributed by atoms with Gasteiger partial charge in [-0.3, -0.25) is 14.5 Å². The molecule has 0 aromatic heterocycles. The Kier molecular flexibility index (Phi) is 8.80. The van der Waals surface area contributed by atoms with Crippen molar-refractivity contribution in [2.45, 2.75) is 61.9 Å². The SMILES string of the molecule is O=C(O)C(NS(=O)(=O)c1ccccc1)C(C(=O)N1CCN(C2CCNCC2)CC1)C1CCCCC1. The fourth-order valence-corrected chi connectivity index (χ4v) is 7.15. The Morgan fingerprint density at radius 2 is 1.57 bits per heavy atom. The highest BCUT2D eigenvalue weighted by Crippen LogP contribution is 2.34. The number of piperidine rings is 1. The van der Waals surface area contributed by atoms with Gasteiger partial charge >= 0.3 is 5.97 Å². The number of amides is 1. The topological polar surface area (TPSA) is 119 Å². The number of piperazine rings is 1. The van der Waals surface area contributed by atoms with Crippen LogP contribution in [0, 0.1) is 11.8 Å². The molecule has 1 saturated carbocycles. The van der Waals surface area contributed by atoms with E-state index in [1.165, 1.54) is 12.1 Å². The first-order chi connectivity index (χ1) is 16.9. The van der Waals surface area contributed by atoms with E-state index >= 15 is 0 Å². The summed E-state index contributed by atoms with van der Waals surface area (Å²) in [6, 6.07) is 6.76. The van der Waals surface area contributed by atoms with Crippen molar-refractivity contribution in [3.8, 4) is 0 Å². The lowest BCUT2D eigenvalue weighted by Crippen LogP contribution is -2.59. The quantitative estimate of drug-likeness (QED) is 0.489. The van der Waals surface area contributed by atoms with Crippen molar-refractivity contribution in [3.63, 3.8) is 0 Å². The molecule has 2 unspecified atom stereocenters. The summed E-state index contributed by atoms with van der Waals surface area (Å²) in [6.45, 7) is 4.64. The maximum Gasteiger partial charge on any atom is 0.322 e. The first-order valence-corrected chi connectivity index (χ1v) is 14.4. The molecule has 2 aliphatic heterocycles. The Morgan fingerprint density at radius 3 is 2.17 bits per heavy atom. The largest absolute Gasteiger partial charge is 0.480 e. The minimum atomic E-state index is -4.09. The van der Waals surface area contributed by atoms with Gasteiger partial charge in [0.15, 0.2) is 0 Å². The molecule has 0 spiro atoms. The Bertz CT molecular complexity index is 953. The van der Waals surface area contributed by atoms with E-state index in [1.807, 2.05) is 0 Å². The highest BCUT2D eigenvalue weighted by atomic mass is 32.2. The number of nitrogens with zero attached hydrogens (tertiary/aromatic N) is 2. The van der Waals surface area contributed by atoms with E-state index in [0.29, 0.717) is 19.1 Å². The van der Waals surface area contributed by atoms with Gasteiger partial charge in [0, 0.05) is 32.2 Å². The van der Waals surface area contributed by atoms with Gasteiger partial charge in [0.25, 0.3) is 0 Å². The molecule has 1 aromatic carbocycles. The standard InChI is InChI=1S/C25H38N4O5S/c30-24(29-17-15-28(16-18-29)20-11-13-26-14-12-20)22(19-7-3-1-4-8-19)23(25(31)32)27-35(33,34)21-9-5-2-6-10-21/h2,5-6,9-10,19-20,22-23,26-27H,1,3-4,7-8,11-18H2,(H,31,32). The third-order valence-corrected chi connectivity index (χ3v) is 9.31. The van der Waals surface area contributed by atoms with Gasteiger partial charge < -0.3 is 15.3 Å². The Labute approximate surface area is 208 Å². The summed E-state index contributed by atoms with van der Waals surface area (Å²) in [5.74, 6) is -2.61. The molecule has 35 heavy (non-hydrogen) atoms. The predicted molar refractivity (Wildman–Crippen MR) is 132 cm³/mol. The van der Waals surface area contributed by atoms with E-state index < -0.39 is 28.0 Å².